The number of aliphatic hydroxyl groups excluding tert-OH is 1. The van der Waals surface area contributed by atoms with E-state index in [1.165, 1.54) is 4.90 Å². The molecule has 1 spiro atoms. The number of aliphatic hydroxyl groups is 1. The fraction of sp³-hybridized carbons (Fsp3) is 0.526. The van der Waals surface area contributed by atoms with Crippen LogP contribution < -0.4 is 10.6 Å². The van der Waals surface area contributed by atoms with Crippen LogP contribution in [0.25, 0.3) is 0 Å². The molecule has 2 saturated heterocycles. The Hall–Kier alpha value is -1.96. The van der Waals surface area contributed by atoms with Crippen molar-refractivity contribution < 1.29 is 19.5 Å². The van der Waals surface area contributed by atoms with Gasteiger partial charge in [-0.2, -0.15) is 0 Å². The topological polar surface area (TPSA) is 98.7 Å². The molecule has 1 aromatic carbocycles. The molecular weight excluding hydrogens is 370 g/mol. The number of carbonyl (C=O) groups excluding carboxylic acids is 3. The lowest BCUT2D eigenvalue weighted by molar-refractivity contribution is -0.145. The summed E-state index contributed by atoms with van der Waals surface area (Å²) in [7, 11) is 0. The molecule has 0 saturated carbocycles. The first-order valence-electron chi connectivity index (χ1n) is 9.18. The molecule has 2 fully saturated rings. The molecule has 0 bridgehead atoms. The van der Waals surface area contributed by atoms with Crippen LogP contribution in [-0.2, 0) is 19.9 Å². The second kappa shape index (κ2) is 6.02. The third kappa shape index (κ3) is 2.25. The van der Waals surface area contributed by atoms with Crippen molar-refractivity contribution in [1.82, 2.24) is 10.2 Å². The highest BCUT2D eigenvalue weighted by atomic mass is 35.5. The van der Waals surface area contributed by atoms with E-state index in [2.05, 4.69) is 10.6 Å². The molecule has 8 heteroatoms. The smallest absolute Gasteiger partial charge is 0.250 e. The Labute approximate surface area is 162 Å². The molecule has 7 nitrogen and oxygen atoms in total. The number of rotatable bonds is 3. The van der Waals surface area contributed by atoms with Crippen molar-refractivity contribution >= 4 is 35.0 Å². The zero-order valence-electron chi connectivity index (χ0n) is 15.3. The molecule has 3 amide bonds. The lowest BCUT2D eigenvalue weighted by atomic mass is 9.76. The summed E-state index contributed by atoms with van der Waals surface area (Å²) >= 11 is 6.16. The van der Waals surface area contributed by atoms with Gasteiger partial charge in [0.05, 0.1) is 17.9 Å². The van der Waals surface area contributed by atoms with E-state index in [0.717, 1.165) is 0 Å². The minimum Gasteiger partial charge on any atom is -0.392 e. The monoisotopic (exact) mass is 391 g/mol. The summed E-state index contributed by atoms with van der Waals surface area (Å²) in [6.07, 6.45) is -0.299. The van der Waals surface area contributed by atoms with E-state index >= 15 is 0 Å². The quantitative estimate of drug-likeness (QED) is 0.673. The van der Waals surface area contributed by atoms with Crippen molar-refractivity contribution in [2.24, 2.45) is 11.8 Å². The van der Waals surface area contributed by atoms with Crippen LogP contribution in [0.2, 0.25) is 5.02 Å². The van der Waals surface area contributed by atoms with Crippen LogP contribution in [0, 0.1) is 11.8 Å². The third-order valence-corrected chi connectivity index (χ3v) is 6.43. The number of halogens is 1. The number of hydrogen-bond donors (Lipinski definition) is 3. The minimum atomic E-state index is -1.42. The van der Waals surface area contributed by atoms with E-state index < -0.39 is 35.4 Å². The predicted octanol–water partition coefficient (Wildman–Crippen LogP) is 1.24. The number of nitrogens with zero attached hydrogens (tertiary/aromatic N) is 1. The summed E-state index contributed by atoms with van der Waals surface area (Å²) < 4.78 is 0. The van der Waals surface area contributed by atoms with E-state index in [4.69, 9.17) is 11.6 Å². The van der Waals surface area contributed by atoms with Crippen LogP contribution in [0.4, 0.5) is 5.69 Å². The second-order valence-electron chi connectivity index (χ2n) is 7.67. The highest BCUT2D eigenvalue weighted by Crippen LogP contribution is 2.54. The molecule has 0 aromatic heterocycles. The van der Waals surface area contributed by atoms with Gasteiger partial charge in [0.2, 0.25) is 17.7 Å². The van der Waals surface area contributed by atoms with Gasteiger partial charge in [-0.15, -0.1) is 0 Å². The standard InChI is InChI=1S/C19H22ClN3O4/c1-4-8(2)23-16(25)13-14(17(23)26)19(22-15(13)9(3)24)11-7-10(20)5-6-12(11)21-18(19)27/h5-9,13-15,22,24H,4H2,1-3H3,(H,21,27). The lowest BCUT2D eigenvalue weighted by Gasteiger charge is -2.31. The Morgan fingerprint density at radius 3 is 2.59 bits per heavy atom. The molecular formula is C19H22ClN3O4. The second-order valence-corrected chi connectivity index (χ2v) is 8.11. The van der Waals surface area contributed by atoms with Crippen LogP contribution in [-0.4, -0.2) is 45.9 Å². The number of fused-ring (bicyclic) bond motifs is 4. The average Bonchev–Trinajstić information content (AvgIpc) is 3.20. The lowest BCUT2D eigenvalue weighted by Crippen LogP contribution is -2.55. The number of anilines is 1. The highest BCUT2D eigenvalue weighted by molar-refractivity contribution is 6.31. The number of imide groups is 1. The van der Waals surface area contributed by atoms with Crippen molar-refractivity contribution in [2.45, 2.75) is 50.9 Å². The number of likely N-dealkylation sites (tertiary alicyclic amines) is 1. The van der Waals surface area contributed by atoms with Gasteiger partial charge in [0.25, 0.3) is 0 Å². The van der Waals surface area contributed by atoms with Crippen molar-refractivity contribution in [3.05, 3.63) is 28.8 Å². The molecule has 3 aliphatic heterocycles. The van der Waals surface area contributed by atoms with Gasteiger partial charge in [0.1, 0.15) is 5.54 Å². The Morgan fingerprint density at radius 1 is 1.26 bits per heavy atom. The normalized spacial score (nSPS) is 34.0. The van der Waals surface area contributed by atoms with Gasteiger partial charge in [-0.25, -0.2) is 0 Å². The van der Waals surface area contributed by atoms with Crippen molar-refractivity contribution in [3.8, 4) is 0 Å². The van der Waals surface area contributed by atoms with Gasteiger partial charge in [-0.1, -0.05) is 18.5 Å². The van der Waals surface area contributed by atoms with Crippen molar-refractivity contribution in [1.29, 1.82) is 0 Å². The highest BCUT2D eigenvalue weighted by Gasteiger charge is 2.71. The minimum absolute atomic E-state index is 0.273. The summed E-state index contributed by atoms with van der Waals surface area (Å²) in [6.45, 7) is 5.27. The maximum Gasteiger partial charge on any atom is 0.250 e. The van der Waals surface area contributed by atoms with Crippen LogP contribution in [0.3, 0.4) is 0 Å². The third-order valence-electron chi connectivity index (χ3n) is 6.20. The van der Waals surface area contributed by atoms with Gasteiger partial charge in [0.15, 0.2) is 0 Å². The molecule has 1 aromatic rings. The van der Waals surface area contributed by atoms with Crippen molar-refractivity contribution in [2.75, 3.05) is 5.32 Å². The Kier molecular flexibility index (Phi) is 4.10. The summed E-state index contributed by atoms with van der Waals surface area (Å²) in [5, 5.41) is 16.7. The molecule has 3 N–H and O–H groups in total. The largest absolute Gasteiger partial charge is 0.392 e. The molecule has 6 atom stereocenters. The molecule has 27 heavy (non-hydrogen) atoms. The fourth-order valence-corrected chi connectivity index (χ4v) is 4.93. The van der Waals surface area contributed by atoms with E-state index in [0.29, 0.717) is 22.7 Å². The van der Waals surface area contributed by atoms with Crippen molar-refractivity contribution in [3.63, 3.8) is 0 Å². The number of amides is 3. The molecule has 6 unspecified atom stereocenters. The van der Waals surface area contributed by atoms with Gasteiger partial charge in [-0.3, -0.25) is 24.6 Å². The van der Waals surface area contributed by atoms with Crippen LogP contribution in [0.1, 0.15) is 32.8 Å². The molecule has 4 rings (SSSR count). The first-order valence-corrected chi connectivity index (χ1v) is 9.56. The van der Waals surface area contributed by atoms with Gasteiger partial charge in [-0.05, 0) is 38.5 Å². The molecule has 144 valence electrons. The zero-order chi connectivity index (χ0) is 19.7. The average molecular weight is 392 g/mol. The predicted molar refractivity (Wildman–Crippen MR) is 99.0 cm³/mol. The number of carbonyl (C=O) groups is 3. The zero-order valence-corrected chi connectivity index (χ0v) is 16.1. The van der Waals surface area contributed by atoms with E-state index in [9.17, 15) is 19.5 Å². The maximum absolute atomic E-state index is 13.3. The fourth-order valence-electron chi connectivity index (χ4n) is 4.76. The van der Waals surface area contributed by atoms with Gasteiger partial charge >= 0.3 is 0 Å². The van der Waals surface area contributed by atoms with Crippen LogP contribution >= 0.6 is 11.6 Å². The van der Waals surface area contributed by atoms with Crippen LogP contribution in [0.5, 0.6) is 0 Å². The maximum atomic E-state index is 13.3. The summed E-state index contributed by atoms with van der Waals surface area (Å²) in [4.78, 5) is 40.8. The van der Waals surface area contributed by atoms with Gasteiger partial charge < -0.3 is 10.4 Å². The summed E-state index contributed by atoms with van der Waals surface area (Å²) in [5.41, 5.74) is -0.309. The molecule has 3 aliphatic rings. The first kappa shape index (κ1) is 18.4. The number of nitrogens with one attached hydrogen (secondary N) is 2. The van der Waals surface area contributed by atoms with E-state index in [-0.39, 0.29) is 17.9 Å². The SMILES string of the molecule is CCC(C)N1C(=O)C2C(C(C)O)NC3(C(=O)Nc4ccc(Cl)cc43)C2C1=O. The first-order chi connectivity index (χ1) is 12.7. The summed E-state index contributed by atoms with van der Waals surface area (Å²) in [6, 6.07) is 4.00. The number of hydrogen-bond acceptors (Lipinski definition) is 5. The van der Waals surface area contributed by atoms with E-state index in [1.807, 2.05) is 13.8 Å². The summed E-state index contributed by atoms with van der Waals surface area (Å²) in [5.74, 6) is -2.83. The Morgan fingerprint density at radius 2 is 1.96 bits per heavy atom. The Balaban J connectivity index is 1.92. The number of benzene rings is 1. The van der Waals surface area contributed by atoms with Gasteiger partial charge in [0, 0.05) is 28.4 Å². The Bertz CT molecular complexity index is 857. The molecule has 0 aliphatic carbocycles. The van der Waals surface area contributed by atoms with Crippen LogP contribution in [0.15, 0.2) is 18.2 Å². The molecule has 0 radical (unpaired) electrons. The molecule has 3 heterocycles. The van der Waals surface area contributed by atoms with E-state index in [1.54, 1.807) is 25.1 Å².